The second kappa shape index (κ2) is 17.4. The van der Waals surface area contributed by atoms with Gasteiger partial charge in [0, 0.05) is 24.2 Å². The van der Waals surface area contributed by atoms with Crippen molar-refractivity contribution in [3.8, 4) is 0 Å². The molecule has 0 aliphatic rings. The van der Waals surface area contributed by atoms with Gasteiger partial charge in [0.15, 0.2) is 5.78 Å². The normalized spacial score (nSPS) is 13.9. The zero-order valence-electron chi connectivity index (χ0n) is 23.8. The van der Waals surface area contributed by atoms with Crippen LogP contribution < -0.4 is 5.32 Å². The largest absolute Gasteiger partial charge is 0.465 e. The number of carbonyl (C=O) groups is 4. The van der Waals surface area contributed by atoms with Gasteiger partial charge in [0.05, 0.1) is 19.1 Å². The topological polar surface area (TPSA) is 89.5 Å². The molecule has 0 bridgehead atoms. The molecule has 0 spiro atoms. The summed E-state index contributed by atoms with van der Waals surface area (Å²) in [6.45, 7) is 11.9. The molecule has 3 unspecified atom stereocenters. The lowest BCUT2D eigenvalue weighted by molar-refractivity contribution is -0.148. The molecule has 3 atom stereocenters. The number of carbonyl (C=O) groups excluding carboxylic acids is 4. The quantitative estimate of drug-likeness (QED) is 0.250. The summed E-state index contributed by atoms with van der Waals surface area (Å²) in [5.41, 5.74) is 1.01. The lowest BCUT2D eigenvalue weighted by Crippen LogP contribution is -2.46. The van der Waals surface area contributed by atoms with E-state index in [-0.39, 0.29) is 48.1 Å². The molecule has 0 aromatic heterocycles. The Morgan fingerprint density at radius 2 is 1.54 bits per heavy atom. The lowest BCUT2D eigenvalue weighted by Gasteiger charge is -2.25. The molecule has 1 aromatic rings. The van der Waals surface area contributed by atoms with E-state index in [0.29, 0.717) is 25.9 Å². The molecule has 208 valence electrons. The van der Waals surface area contributed by atoms with Gasteiger partial charge in [0.2, 0.25) is 5.91 Å². The number of hydrogen-bond acceptors (Lipinski definition) is 6. The average Bonchev–Trinajstić information content (AvgIpc) is 2.84. The van der Waals surface area contributed by atoms with E-state index < -0.39 is 23.8 Å². The highest BCUT2D eigenvalue weighted by atomic mass is 32.2. The van der Waals surface area contributed by atoms with E-state index in [1.165, 1.54) is 0 Å². The zero-order valence-corrected chi connectivity index (χ0v) is 24.6. The third-order valence-electron chi connectivity index (χ3n) is 6.19. The number of ether oxygens (including phenoxy) is 1. The Hall–Kier alpha value is -2.15. The minimum absolute atomic E-state index is 0.00975. The van der Waals surface area contributed by atoms with Gasteiger partial charge in [-0.3, -0.25) is 19.2 Å². The molecule has 1 aromatic carbocycles. The van der Waals surface area contributed by atoms with Crippen LogP contribution in [0.5, 0.6) is 0 Å². The van der Waals surface area contributed by atoms with Crippen molar-refractivity contribution in [2.24, 2.45) is 29.6 Å². The molecule has 1 amide bonds. The number of esters is 1. The Kier molecular flexibility index (Phi) is 15.4. The van der Waals surface area contributed by atoms with Gasteiger partial charge in [-0.25, -0.2) is 0 Å². The van der Waals surface area contributed by atoms with Crippen molar-refractivity contribution in [1.29, 1.82) is 0 Å². The predicted octanol–water partition coefficient (Wildman–Crippen LogP) is 5.52. The van der Waals surface area contributed by atoms with Crippen LogP contribution in [-0.2, 0) is 30.3 Å². The van der Waals surface area contributed by atoms with E-state index in [0.717, 1.165) is 11.3 Å². The van der Waals surface area contributed by atoms with Gasteiger partial charge < -0.3 is 10.1 Å². The first kappa shape index (κ1) is 32.9. The molecular formula is C30H47NO5S. The van der Waals surface area contributed by atoms with Gasteiger partial charge in [-0.05, 0) is 48.7 Å². The fourth-order valence-corrected chi connectivity index (χ4v) is 4.69. The highest BCUT2D eigenvalue weighted by Crippen LogP contribution is 2.21. The highest BCUT2D eigenvalue weighted by Gasteiger charge is 2.31. The van der Waals surface area contributed by atoms with E-state index in [4.69, 9.17) is 4.74 Å². The SMILES string of the molecule is CSCCC(CC(=O)OCC(C)C)C(=O)NC(CC(C)C)C(=O)CC(Cc1ccccc1)C(=O)C(C)C. The number of benzene rings is 1. The molecule has 0 fully saturated rings. The number of amides is 1. The molecular weight excluding hydrogens is 486 g/mol. The Morgan fingerprint density at radius 1 is 0.892 bits per heavy atom. The molecule has 0 heterocycles. The van der Waals surface area contributed by atoms with Crippen LogP contribution in [0.3, 0.4) is 0 Å². The third-order valence-corrected chi connectivity index (χ3v) is 6.83. The number of nitrogens with one attached hydrogen (secondary N) is 1. The summed E-state index contributed by atoms with van der Waals surface area (Å²) in [5.74, 6) is -0.868. The maximum absolute atomic E-state index is 13.5. The summed E-state index contributed by atoms with van der Waals surface area (Å²) in [6, 6.07) is 9.01. The van der Waals surface area contributed by atoms with Crippen molar-refractivity contribution in [1.82, 2.24) is 5.32 Å². The van der Waals surface area contributed by atoms with Gasteiger partial charge in [0.25, 0.3) is 0 Å². The third kappa shape index (κ3) is 13.3. The Balaban J connectivity index is 3.02. The van der Waals surface area contributed by atoms with Crippen molar-refractivity contribution in [3.05, 3.63) is 35.9 Å². The minimum Gasteiger partial charge on any atom is -0.465 e. The second-order valence-corrected chi connectivity index (χ2v) is 12.0. The van der Waals surface area contributed by atoms with Crippen molar-refractivity contribution < 1.29 is 23.9 Å². The van der Waals surface area contributed by atoms with Gasteiger partial charge >= 0.3 is 5.97 Å². The van der Waals surface area contributed by atoms with E-state index >= 15 is 0 Å². The number of Topliss-reactive ketones (excluding diaryl/α,β-unsaturated/α-hetero) is 2. The molecule has 1 rings (SSSR count). The zero-order chi connectivity index (χ0) is 28.0. The van der Waals surface area contributed by atoms with E-state index in [2.05, 4.69) is 5.32 Å². The van der Waals surface area contributed by atoms with Crippen LogP contribution in [0.1, 0.15) is 72.8 Å². The summed E-state index contributed by atoms with van der Waals surface area (Å²) < 4.78 is 5.31. The summed E-state index contributed by atoms with van der Waals surface area (Å²) >= 11 is 1.61. The van der Waals surface area contributed by atoms with Gasteiger partial charge in [0.1, 0.15) is 5.78 Å². The van der Waals surface area contributed by atoms with Crippen molar-refractivity contribution in [3.63, 3.8) is 0 Å². The van der Waals surface area contributed by atoms with Crippen LogP contribution in [0.4, 0.5) is 0 Å². The Bertz CT molecular complexity index is 853. The summed E-state index contributed by atoms with van der Waals surface area (Å²) in [5, 5.41) is 2.95. The molecule has 7 heteroatoms. The molecule has 1 N–H and O–H groups in total. The monoisotopic (exact) mass is 533 g/mol. The molecule has 0 saturated carbocycles. The second-order valence-electron chi connectivity index (χ2n) is 11.1. The van der Waals surface area contributed by atoms with Gasteiger partial charge in [-0.15, -0.1) is 0 Å². The molecule has 0 radical (unpaired) electrons. The van der Waals surface area contributed by atoms with Crippen LogP contribution in [-0.4, -0.2) is 48.1 Å². The number of thioether (sulfide) groups is 1. The summed E-state index contributed by atoms with van der Waals surface area (Å²) in [7, 11) is 0. The molecule has 0 aliphatic heterocycles. The molecule has 0 aliphatic carbocycles. The number of hydrogen-bond donors (Lipinski definition) is 1. The maximum atomic E-state index is 13.5. The van der Waals surface area contributed by atoms with Crippen LogP contribution in [0.15, 0.2) is 30.3 Å². The molecule has 6 nitrogen and oxygen atoms in total. The standard InChI is InChI=1S/C30H47NO5S/c1-20(2)15-26(31-30(35)24(13-14-37-7)18-28(33)36-19-21(3)4)27(32)17-25(29(34)22(5)6)16-23-11-9-8-10-12-23/h8-12,20-22,24-26H,13-19H2,1-7H3,(H,31,35). The first-order valence-corrected chi connectivity index (χ1v) is 14.9. The fourth-order valence-electron chi connectivity index (χ4n) is 4.17. The van der Waals surface area contributed by atoms with Gasteiger partial charge in [-0.1, -0.05) is 71.9 Å². The summed E-state index contributed by atoms with van der Waals surface area (Å²) in [6.07, 6.45) is 3.51. The van der Waals surface area contributed by atoms with E-state index in [9.17, 15) is 19.2 Å². The summed E-state index contributed by atoms with van der Waals surface area (Å²) in [4.78, 5) is 52.2. The van der Waals surface area contributed by atoms with Crippen molar-refractivity contribution in [2.45, 2.75) is 79.7 Å². The van der Waals surface area contributed by atoms with Crippen molar-refractivity contribution in [2.75, 3.05) is 18.6 Å². The average molecular weight is 534 g/mol. The Morgan fingerprint density at radius 3 is 2.08 bits per heavy atom. The van der Waals surface area contributed by atoms with Crippen LogP contribution in [0, 0.1) is 29.6 Å². The molecule has 37 heavy (non-hydrogen) atoms. The van der Waals surface area contributed by atoms with Crippen LogP contribution in [0.25, 0.3) is 0 Å². The van der Waals surface area contributed by atoms with E-state index in [1.54, 1.807) is 11.8 Å². The fraction of sp³-hybridized carbons (Fsp3) is 0.667. The lowest BCUT2D eigenvalue weighted by atomic mass is 9.83. The van der Waals surface area contributed by atoms with Crippen LogP contribution in [0.2, 0.25) is 0 Å². The minimum atomic E-state index is -0.700. The predicted molar refractivity (Wildman–Crippen MR) is 151 cm³/mol. The number of rotatable bonds is 18. The van der Waals surface area contributed by atoms with Crippen LogP contribution >= 0.6 is 11.8 Å². The highest BCUT2D eigenvalue weighted by molar-refractivity contribution is 7.98. The van der Waals surface area contributed by atoms with Crippen molar-refractivity contribution >= 4 is 35.2 Å². The first-order chi connectivity index (χ1) is 17.4. The van der Waals surface area contributed by atoms with E-state index in [1.807, 2.05) is 78.1 Å². The van der Waals surface area contributed by atoms with Gasteiger partial charge in [-0.2, -0.15) is 11.8 Å². The first-order valence-electron chi connectivity index (χ1n) is 13.5. The molecule has 0 saturated heterocycles. The maximum Gasteiger partial charge on any atom is 0.306 e. The number of ketones is 2. The smallest absolute Gasteiger partial charge is 0.306 e. The Labute approximate surface area is 228 Å².